The molecule has 3 nitrogen and oxygen atoms in total. The third-order valence-electron chi connectivity index (χ3n) is 9.86. The first-order valence-electron chi connectivity index (χ1n) is 15.6. The van der Waals surface area contributed by atoms with Gasteiger partial charge in [0.25, 0.3) is 0 Å². The average molecular weight is 580 g/mol. The fourth-order valence-electron chi connectivity index (χ4n) is 7.67. The molecule has 0 fully saturated rings. The molecule has 0 aromatic heterocycles. The molecule has 6 aromatic carbocycles. The van der Waals surface area contributed by atoms with Crippen molar-refractivity contribution < 1.29 is 0 Å². The summed E-state index contributed by atoms with van der Waals surface area (Å²) in [6.45, 7) is 4.65. The Bertz CT molecular complexity index is 2130. The predicted octanol–water partition coefficient (Wildman–Crippen LogP) is 10.3. The second kappa shape index (κ2) is 10.3. The summed E-state index contributed by atoms with van der Waals surface area (Å²) in [4.78, 5) is 2.47. The Labute approximate surface area is 264 Å². The first kappa shape index (κ1) is 27.0. The van der Waals surface area contributed by atoms with Crippen LogP contribution in [0.15, 0.2) is 127 Å². The van der Waals surface area contributed by atoms with Crippen molar-refractivity contribution in [2.75, 3.05) is 10.6 Å². The summed E-state index contributed by atoms with van der Waals surface area (Å²) in [7, 11) is 0. The maximum atomic E-state index is 9.94. The van der Waals surface area contributed by atoms with Crippen molar-refractivity contribution in [3.05, 3.63) is 155 Å². The van der Waals surface area contributed by atoms with Gasteiger partial charge < -0.3 is 10.6 Å². The molecule has 1 heterocycles. The highest BCUT2D eigenvalue weighted by atomic mass is 15.2. The van der Waals surface area contributed by atoms with Gasteiger partial charge in [-0.3, -0.25) is 0 Å². The third kappa shape index (κ3) is 4.03. The second-order valence-corrected chi connectivity index (χ2v) is 12.6. The molecule has 0 saturated heterocycles. The molecule has 0 unspecified atom stereocenters. The Morgan fingerprint density at radius 2 is 0.978 bits per heavy atom. The Balaban J connectivity index is 1.45. The Kier molecular flexibility index (Phi) is 6.15. The number of hydrogen-bond donors (Lipinski definition) is 1. The highest BCUT2D eigenvalue weighted by Gasteiger charge is 2.37. The van der Waals surface area contributed by atoms with E-state index in [1.807, 2.05) is 6.07 Å². The quantitative estimate of drug-likeness (QED) is 0.197. The number of fused-ring (bicyclic) bond motifs is 9. The first-order valence-corrected chi connectivity index (χ1v) is 15.6. The summed E-state index contributed by atoms with van der Waals surface area (Å²) in [6.07, 6.45) is 1.47. The summed E-state index contributed by atoms with van der Waals surface area (Å²) in [5.41, 5.74) is 23.3. The van der Waals surface area contributed by atoms with E-state index in [0.29, 0.717) is 17.7 Å². The van der Waals surface area contributed by atoms with Gasteiger partial charge in [-0.15, -0.1) is 0 Å². The van der Waals surface area contributed by atoms with E-state index < -0.39 is 0 Å². The molecule has 1 aliphatic carbocycles. The topological polar surface area (TPSA) is 53.0 Å². The van der Waals surface area contributed by atoms with Gasteiger partial charge in [-0.05, 0) is 92.7 Å². The minimum Gasteiger partial charge on any atom is -0.397 e. The van der Waals surface area contributed by atoms with Crippen LogP contribution in [-0.4, -0.2) is 0 Å². The lowest BCUT2D eigenvalue weighted by molar-refractivity contribution is 0.631. The van der Waals surface area contributed by atoms with Crippen LogP contribution in [0.5, 0.6) is 0 Å². The lowest BCUT2D eigenvalue weighted by Gasteiger charge is -2.42. The minimum absolute atomic E-state index is 0.139. The van der Waals surface area contributed by atoms with Crippen molar-refractivity contribution in [3.8, 4) is 39.4 Å². The highest BCUT2D eigenvalue weighted by Crippen LogP contribution is 2.53. The molecular weight excluding hydrogens is 546 g/mol. The van der Waals surface area contributed by atoms with Crippen LogP contribution in [0.2, 0.25) is 0 Å². The van der Waals surface area contributed by atoms with Crippen LogP contribution in [0.3, 0.4) is 0 Å². The highest BCUT2D eigenvalue weighted by molar-refractivity contribution is 5.97. The number of hydrogen-bond acceptors (Lipinski definition) is 3. The van der Waals surface area contributed by atoms with E-state index in [4.69, 9.17) is 5.73 Å². The molecule has 216 valence electrons. The van der Waals surface area contributed by atoms with Crippen molar-refractivity contribution in [2.24, 2.45) is 0 Å². The zero-order valence-corrected chi connectivity index (χ0v) is 25.5. The maximum absolute atomic E-state index is 9.94. The summed E-state index contributed by atoms with van der Waals surface area (Å²) >= 11 is 0. The molecule has 0 radical (unpaired) electrons. The zero-order valence-electron chi connectivity index (χ0n) is 25.5. The van der Waals surface area contributed by atoms with E-state index in [1.54, 1.807) is 0 Å². The summed E-state index contributed by atoms with van der Waals surface area (Å²) in [5.74, 6) is 0. The van der Waals surface area contributed by atoms with E-state index in [0.717, 1.165) is 28.7 Å². The van der Waals surface area contributed by atoms with Gasteiger partial charge in [0.2, 0.25) is 0 Å². The lowest BCUT2D eigenvalue weighted by atomic mass is 9.73. The second-order valence-electron chi connectivity index (χ2n) is 12.6. The summed E-state index contributed by atoms with van der Waals surface area (Å²) < 4.78 is 0. The average Bonchev–Trinajstić information content (AvgIpc) is 3.08. The molecule has 6 aromatic rings. The van der Waals surface area contributed by atoms with Crippen molar-refractivity contribution in [1.29, 1.82) is 5.26 Å². The van der Waals surface area contributed by atoms with Gasteiger partial charge in [0, 0.05) is 11.1 Å². The van der Waals surface area contributed by atoms with E-state index in [9.17, 15) is 5.26 Å². The smallest absolute Gasteiger partial charge is 0.101 e. The Morgan fingerprint density at radius 1 is 0.533 bits per heavy atom. The lowest BCUT2D eigenvalue weighted by Crippen LogP contribution is -2.31. The number of nitrogens with two attached hydrogens (primary N) is 1. The predicted molar refractivity (Wildman–Crippen MR) is 186 cm³/mol. The molecule has 2 aliphatic rings. The monoisotopic (exact) mass is 579 g/mol. The van der Waals surface area contributed by atoms with Gasteiger partial charge in [-0.2, -0.15) is 5.26 Å². The molecule has 0 amide bonds. The third-order valence-corrected chi connectivity index (χ3v) is 9.86. The summed E-state index contributed by atoms with van der Waals surface area (Å²) in [6, 6.07) is 48.0. The summed E-state index contributed by atoms with van der Waals surface area (Å²) in [5, 5.41) is 9.94. The number of benzene rings is 6. The zero-order chi connectivity index (χ0) is 30.7. The number of nitrogen functional groups attached to an aromatic ring is 1. The van der Waals surface area contributed by atoms with Crippen LogP contribution in [0.1, 0.15) is 41.7 Å². The van der Waals surface area contributed by atoms with Crippen molar-refractivity contribution in [2.45, 2.75) is 32.1 Å². The SMILES string of the molecule is CC1(C)c2ccccc2N(c2cccc3c2CCc2c(ccc(C#N)c2N)-c2ccccc2-c2ccccc2-3)c2ccccc21. The van der Waals surface area contributed by atoms with Gasteiger partial charge >= 0.3 is 0 Å². The maximum Gasteiger partial charge on any atom is 0.101 e. The van der Waals surface area contributed by atoms with E-state index in [1.165, 1.54) is 50.4 Å². The van der Waals surface area contributed by atoms with Gasteiger partial charge in [-0.25, -0.2) is 0 Å². The fourth-order valence-corrected chi connectivity index (χ4v) is 7.67. The molecule has 0 atom stereocenters. The van der Waals surface area contributed by atoms with E-state index >= 15 is 0 Å². The van der Waals surface area contributed by atoms with E-state index in [-0.39, 0.29) is 5.41 Å². The van der Waals surface area contributed by atoms with Crippen molar-refractivity contribution in [1.82, 2.24) is 0 Å². The van der Waals surface area contributed by atoms with Crippen LogP contribution in [0.4, 0.5) is 22.7 Å². The Hall–Kier alpha value is -5.59. The van der Waals surface area contributed by atoms with Crippen LogP contribution in [-0.2, 0) is 18.3 Å². The molecule has 2 N–H and O–H groups in total. The first-order chi connectivity index (χ1) is 22.0. The van der Waals surface area contributed by atoms with Crippen LogP contribution >= 0.6 is 0 Å². The van der Waals surface area contributed by atoms with Crippen LogP contribution < -0.4 is 10.6 Å². The van der Waals surface area contributed by atoms with E-state index in [2.05, 4.69) is 146 Å². The van der Waals surface area contributed by atoms with Gasteiger partial charge in [-0.1, -0.05) is 117 Å². The number of nitriles is 1. The van der Waals surface area contributed by atoms with Crippen LogP contribution in [0.25, 0.3) is 33.4 Å². The fraction of sp³-hybridized carbons (Fsp3) is 0.119. The standard InChI is InChI=1S/C42H33N3/c1-42(2)36-17-7-9-19-39(36)45(40-20-10-8-18-37(40)42)38-21-11-16-32-30-14-5-3-12-28(30)29-13-4-6-15-31(29)33-23-22-27(26-43)41(44)35(33)25-24-34(32)38/h3-23H,24-25,44H2,1-2H3. The number of anilines is 4. The van der Waals surface area contributed by atoms with Gasteiger partial charge in [0.1, 0.15) is 6.07 Å². The molecule has 0 spiro atoms. The van der Waals surface area contributed by atoms with Crippen molar-refractivity contribution >= 4 is 22.7 Å². The molecule has 1 aliphatic heterocycles. The molecule has 8 rings (SSSR count). The normalized spacial score (nSPS) is 14.0. The largest absolute Gasteiger partial charge is 0.397 e. The van der Waals surface area contributed by atoms with Gasteiger partial charge in [0.05, 0.1) is 22.6 Å². The molecule has 0 saturated carbocycles. The van der Waals surface area contributed by atoms with Crippen LogP contribution in [0, 0.1) is 11.3 Å². The number of para-hydroxylation sites is 2. The molecular formula is C42H33N3. The van der Waals surface area contributed by atoms with Crippen molar-refractivity contribution in [3.63, 3.8) is 0 Å². The number of nitrogens with zero attached hydrogens (tertiary/aromatic N) is 2. The molecule has 0 bridgehead atoms. The minimum atomic E-state index is -0.139. The molecule has 45 heavy (non-hydrogen) atoms. The van der Waals surface area contributed by atoms with Gasteiger partial charge in [0.15, 0.2) is 0 Å². The molecule has 3 heteroatoms. The number of rotatable bonds is 1. The Morgan fingerprint density at radius 3 is 1.56 bits per heavy atom.